The number of nitrogens with zero attached hydrogens (tertiary/aromatic N) is 7. The number of nitrogens with one attached hydrogen (secondary N) is 2. The summed E-state index contributed by atoms with van der Waals surface area (Å²) >= 11 is 1.63. The quantitative estimate of drug-likeness (QED) is 0.406. The average molecular weight is 438 g/mol. The molecule has 4 rings (SSSR count). The van der Waals surface area contributed by atoms with E-state index in [2.05, 4.69) is 68.5 Å². The first kappa shape index (κ1) is 21.1. The second kappa shape index (κ2) is 9.36. The second-order valence-corrected chi connectivity index (χ2v) is 8.49. The van der Waals surface area contributed by atoms with Crippen molar-refractivity contribution in [1.82, 2.24) is 34.4 Å². The minimum absolute atomic E-state index is 0.419. The first-order valence-electron chi connectivity index (χ1n) is 10.3. The Kier molecular flexibility index (Phi) is 6.38. The minimum Gasteiger partial charge on any atom is -0.367 e. The van der Waals surface area contributed by atoms with E-state index in [0.717, 1.165) is 29.9 Å². The molecule has 0 unspecified atom stereocenters. The Hall–Kier alpha value is -3.11. The molecule has 2 N–H and O–H groups in total. The van der Waals surface area contributed by atoms with Crippen molar-refractivity contribution in [2.75, 3.05) is 23.7 Å². The molecule has 10 heteroatoms. The van der Waals surface area contributed by atoms with Gasteiger partial charge in [0.05, 0.1) is 5.69 Å². The molecule has 0 spiro atoms. The molecule has 4 heterocycles. The van der Waals surface area contributed by atoms with Crippen molar-refractivity contribution in [2.24, 2.45) is 0 Å². The van der Waals surface area contributed by atoms with Gasteiger partial charge in [0.2, 0.25) is 11.9 Å². The Bertz CT molecular complexity index is 1100. The fourth-order valence-corrected chi connectivity index (χ4v) is 4.17. The summed E-state index contributed by atoms with van der Waals surface area (Å²) in [6.07, 6.45) is 5.13. The van der Waals surface area contributed by atoms with Crippen LogP contribution in [0.1, 0.15) is 27.7 Å². The van der Waals surface area contributed by atoms with Crippen LogP contribution in [0.2, 0.25) is 0 Å². The first-order valence-corrected chi connectivity index (χ1v) is 11.3. The number of hydrogen-bond acceptors (Lipinski definition) is 9. The van der Waals surface area contributed by atoms with E-state index in [1.165, 1.54) is 0 Å². The highest BCUT2D eigenvalue weighted by atomic mass is 32.1. The van der Waals surface area contributed by atoms with Crippen molar-refractivity contribution in [3.05, 3.63) is 41.6 Å². The Labute approximate surface area is 185 Å². The van der Waals surface area contributed by atoms with Crippen LogP contribution in [0.4, 0.5) is 17.7 Å². The van der Waals surface area contributed by atoms with Crippen LogP contribution >= 0.6 is 11.3 Å². The molecule has 0 aliphatic heterocycles. The highest BCUT2D eigenvalue weighted by Gasteiger charge is 2.17. The lowest BCUT2D eigenvalue weighted by Crippen LogP contribution is -2.40. The van der Waals surface area contributed by atoms with E-state index in [1.807, 2.05) is 16.0 Å². The number of thiophene rings is 1. The summed E-state index contributed by atoms with van der Waals surface area (Å²) < 4.78 is 1.96. The Balaban J connectivity index is 1.66. The molecule has 0 aliphatic rings. The summed E-state index contributed by atoms with van der Waals surface area (Å²) in [6.45, 7) is 10.5. The molecule has 0 bridgehead atoms. The molecule has 9 nitrogen and oxygen atoms in total. The molecule has 0 aliphatic carbocycles. The minimum atomic E-state index is 0.419. The van der Waals surface area contributed by atoms with Crippen molar-refractivity contribution >= 4 is 40.2 Å². The predicted octanol–water partition coefficient (Wildman–Crippen LogP) is 3.94. The van der Waals surface area contributed by atoms with Crippen molar-refractivity contribution in [1.29, 1.82) is 0 Å². The Morgan fingerprint density at radius 3 is 2.48 bits per heavy atom. The topological polar surface area (TPSA) is 96.7 Å². The van der Waals surface area contributed by atoms with E-state index in [-0.39, 0.29) is 0 Å². The Morgan fingerprint density at radius 2 is 1.81 bits per heavy atom. The van der Waals surface area contributed by atoms with Crippen LogP contribution in [0.25, 0.3) is 16.9 Å². The van der Waals surface area contributed by atoms with Crippen LogP contribution in [0, 0.1) is 0 Å². The van der Waals surface area contributed by atoms with Crippen LogP contribution in [0.5, 0.6) is 0 Å². The van der Waals surface area contributed by atoms with Crippen LogP contribution < -0.4 is 10.6 Å². The molecule has 0 saturated heterocycles. The molecule has 162 valence electrons. The fourth-order valence-electron chi connectivity index (χ4n) is 3.54. The predicted molar refractivity (Wildman–Crippen MR) is 125 cm³/mol. The number of rotatable bonds is 9. The third-order valence-electron chi connectivity index (χ3n) is 4.96. The first-order chi connectivity index (χ1) is 15.0. The zero-order valence-electron chi connectivity index (χ0n) is 18.1. The van der Waals surface area contributed by atoms with Gasteiger partial charge in [-0.15, -0.1) is 0 Å². The van der Waals surface area contributed by atoms with Gasteiger partial charge in [0.25, 0.3) is 0 Å². The van der Waals surface area contributed by atoms with Gasteiger partial charge in [-0.1, -0.05) is 0 Å². The highest BCUT2D eigenvalue weighted by Crippen LogP contribution is 2.25. The van der Waals surface area contributed by atoms with Gasteiger partial charge in [-0.05, 0) is 45.2 Å². The molecule has 0 aromatic carbocycles. The van der Waals surface area contributed by atoms with Gasteiger partial charge in [-0.25, -0.2) is 15.0 Å². The monoisotopic (exact) mass is 437 g/mol. The Morgan fingerprint density at radius 1 is 1.03 bits per heavy atom. The lowest BCUT2D eigenvalue weighted by molar-refractivity contribution is 0.182. The molecular weight excluding hydrogens is 410 g/mol. The summed E-state index contributed by atoms with van der Waals surface area (Å²) in [5.74, 6) is 1.55. The summed E-state index contributed by atoms with van der Waals surface area (Å²) in [5.41, 5.74) is 2.47. The molecular formula is C21H27N9S. The van der Waals surface area contributed by atoms with Gasteiger partial charge in [-0.2, -0.15) is 21.3 Å². The van der Waals surface area contributed by atoms with Crippen molar-refractivity contribution in [2.45, 2.75) is 39.8 Å². The smallest absolute Gasteiger partial charge is 0.233 e. The SMILES string of the molecule is CC(C)N(CCNc1nc(Nc2ncccn2)nc2c1ncn2-c1ccsc1)C(C)C. The van der Waals surface area contributed by atoms with Gasteiger partial charge < -0.3 is 5.32 Å². The lowest BCUT2D eigenvalue weighted by Gasteiger charge is -2.30. The van der Waals surface area contributed by atoms with Crippen LogP contribution in [-0.2, 0) is 0 Å². The average Bonchev–Trinajstić information content (AvgIpc) is 3.41. The van der Waals surface area contributed by atoms with E-state index in [0.29, 0.717) is 29.8 Å². The molecule has 0 saturated carbocycles. The maximum atomic E-state index is 4.70. The van der Waals surface area contributed by atoms with Crippen LogP contribution in [0.3, 0.4) is 0 Å². The zero-order chi connectivity index (χ0) is 21.8. The molecule has 4 aromatic rings. The van der Waals surface area contributed by atoms with Gasteiger partial charge in [-0.3, -0.25) is 14.8 Å². The number of hydrogen-bond donors (Lipinski definition) is 2. The normalized spacial score (nSPS) is 11.7. The van der Waals surface area contributed by atoms with Gasteiger partial charge >= 0.3 is 0 Å². The number of aromatic nitrogens is 6. The third kappa shape index (κ3) is 4.80. The van der Waals surface area contributed by atoms with E-state index in [4.69, 9.17) is 4.98 Å². The molecule has 31 heavy (non-hydrogen) atoms. The number of anilines is 3. The van der Waals surface area contributed by atoms with Crippen molar-refractivity contribution in [3.63, 3.8) is 0 Å². The molecule has 4 aromatic heterocycles. The summed E-state index contributed by atoms with van der Waals surface area (Å²) in [6, 6.07) is 4.75. The second-order valence-electron chi connectivity index (χ2n) is 7.71. The standard InChI is InChI=1S/C21H27N9S/c1-14(2)29(15(3)4)10-9-22-18-17-19(30(13-25-17)16-6-11-31-12-16)27-21(26-18)28-20-23-7-5-8-24-20/h5-8,11-15H,9-10H2,1-4H3,(H2,22,23,24,26,27,28). The molecule has 0 amide bonds. The number of imidazole rings is 1. The molecule has 0 fully saturated rings. The van der Waals surface area contributed by atoms with Gasteiger partial charge in [0.1, 0.15) is 6.33 Å². The van der Waals surface area contributed by atoms with Crippen LogP contribution in [-0.4, -0.2) is 59.6 Å². The fraction of sp³-hybridized carbons (Fsp3) is 0.381. The zero-order valence-corrected chi connectivity index (χ0v) is 19.0. The van der Waals surface area contributed by atoms with Gasteiger partial charge in [0.15, 0.2) is 17.0 Å². The maximum absolute atomic E-state index is 4.70. The van der Waals surface area contributed by atoms with Gasteiger partial charge in [0, 0.05) is 42.9 Å². The van der Waals surface area contributed by atoms with Crippen molar-refractivity contribution < 1.29 is 0 Å². The summed E-state index contributed by atoms with van der Waals surface area (Å²) in [4.78, 5) is 24.8. The lowest BCUT2D eigenvalue weighted by atomic mass is 10.2. The third-order valence-corrected chi connectivity index (χ3v) is 5.63. The summed E-state index contributed by atoms with van der Waals surface area (Å²) in [7, 11) is 0. The van der Waals surface area contributed by atoms with E-state index in [1.54, 1.807) is 36.1 Å². The summed E-state index contributed by atoms with van der Waals surface area (Å²) in [5, 5.41) is 10.7. The maximum Gasteiger partial charge on any atom is 0.233 e. The largest absolute Gasteiger partial charge is 0.367 e. The van der Waals surface area contributed by atoms with Crippen LogP contribution in [0.15, 0.2) is 41.6 Å². The van der Waals surface area contributed by atoms with E-state index < -0.39 is 0 Å². The highest BCUT2D eigenvalue weighted by molar-refractivity contribution is 7.08. The van der Waals surface area contributed by atoms with E-state index >= 15 is 0 Å². The molecule has 0 atom stereocenters. The molecule has 0 radical (unpaired) electrons. The number of fused-ring (bicyclic) bond motifs is 1. The van der Waals surface area contributed by atoms with Crippen molar-refractivity contribution in [3.8, 4) is 5.69 Å². The van der Waals surface area contributed by atoms with E-state index in [9.17, 15) is 0 Å².